The molecule has 0 spiro atoms. The third kappa shape index (κ3) is 7.24. The van der Waals surface area contributed by atoms with Gasteiger partial charge in [0.15, 0.2) is 5.13 Å². The van der Waals surface area contributed by atoms with E-state index in [0.717, 1.165) is 47.3 Å². The molecule has 0 aliphatic carbocycles. The number of aliphatic imine (C=N–C) groups is 2. The fourth-order valence-electron chi connectivity index (χ4n) is 2.91. The topological polar surface area (TPSA) is 73.1 Å². The molecule has 3 rings (SSSR count). The normalized spacial score (nSPS) is 15.7. The van der Waals surface area contributed by atoms with Crippen molar-refractivity contribution in [2.45, 2.75) is 32.8 Å². The number of aliphatic hydroxyl groups excluding tert-OH is 1. The maximum Gasteiger partial charge on any atom is 0.188 e. The smallest absolute Gasteiger partial charge is 0.188 e. The third-order valence-electron chi connectivity index (χ3n) is 4.45. The lowest BCUT2D eigenvalue weighted by molar-refractivity contribution is 0.109. The van der Waals surface area contributed by atoms with Crippen molar-refractivity contribution in [3.63, 3.8) is 0 Å². The largest absolute Gasteiger partial charge is 0.393 e. The van der Waals surface area contributed by atoms with Crippen molar-refractivity contribution >= 4 is 41.2 Å². The van der Waals surface area contributed by atoms with Gasteiger partial charge >= 0.3 is 0 Å². The molecular formula is C23H31N5OS. The van der Waals surface area contributed by atoms with Crippen molar-refractivity contribution in [3.05, 3.63) is 58.9 Å². The van der Waals surface area contributed by atoms with E-state index in [4.69, 9.17) is 0 Å². The average molecular weight is 426 g/mol. The van der Waals surface area contributed by atoms with Crippen LogP contribution >= 0.6 is 11.3 Å². The van der Waals surface area contributed by atoms with Crippen LogP contribution in [-0.4, -0.2) is 53.8 Å². The van der Waals surface area contributed by atoms with E-state index in [1.54, 1.807) is 18.4 Å². The predicted octanol–water partition coefficient (Wildman–Crippen LogP) is 4.78. The minimum atomic E-state index is -0.217. The Bertz CT molecular complexity index is 865. The number of piperidine rings is 1. The molecule has 0 atom stereocenters. The number of rotatable bonds is 6. The summed E-state index contributed by atoms with van der Waals surface area (Å²) < 4.78 is 0. The van der Waals surface area contributed by atoms with E-state index in [-0.39, 0.29) is 6.10 Å². The Kier molecular flexibility index (Phi) is 9.97. The van der Waals surface area contributed by atoms with Gasteiger partial charge in [-0.15, -0.1) is 0 Å². The van der Waals surface area contributed by atoms with E-state index in [0.29, 0.717) is 5.82 Å². The van der Waals surface area contributed by atoms with Gasteiger partial charge in [0, 0.05) is 37.3 Å². The molecule has 0 bridgehead atoms. The Morgan fingerprint density at radius 2 is 1.93 bits per heavy atom. The molecule has 1 aliphatic rings. The molecule has 0 radical (unpaired) electrons. The minimum absolute atomic E-state index is 0.217. The second-order valence-electron chi connectivity index (χ2n) is 6.42. The molecule has 1 aromatic carbocycles. The zero-order valence-electron chi connectivity index (χ0n) is 18.0. The number of likely N-dealkylation sites (tertiary alicyclic amines) is 1. The summed E-state index contributed by atoms with van der Waals surface area (Å²) in [4.78, 5) is 16.0. The molecule has 2 N–H and O–H groups in total. The first-order valence-electron chi connectivity index (χ1n) is 10.2. The number of thiazole rings is 1. The number of hydrogen-bond donors (Lipinski definition) is 2. The maximum atomic E-state index is 9.69. The Hall–Kier alpha value is -2.77. The van der Waals surface area contributed by atoms with Crippen LogP contribution in [0.25, 0.3) is 12.2 Å². The quantitative estimate of drug-likeness (QED) is 0.516. The molecule has 1 fully saturated rings. The number of nitrogens with zero attached hydrogens (tertiary/aromatic N) is 4. The third-order valence-corrected chi connectivity index (χ3v) is 5.33. The Morgan fingerprint density at radius 3 is 2.57 bits per heavy atom. The molecule has 1 aliphatic heterocycles. The van der Waals surface area contributed by atoms with E-state index >= 15 is 0 Å². The van der Waals surface area contributed by atoms with Gasteiger partial charge in [0.2, 0.25) is 0 Å². The van der Waals surface area contributed by atoms with E-state index in [2.05, 4.69) is 50.1 Å². The van der Waals surface area contributed by atoms with Crippen LogP contribution in [0.15, 0.2) is 58.4 Å². The van der Waals surface area contributed by atoms with Crippen molar-refractivity contribution in [3.8, 4) is 0 Å². The zero-order chi connectivity index (χ0) is 21.8. The monoisotopic (exact) mass is 425 g/mol. The van der Waals surface area contributed by atoms with Crippen LogP contribution in [0, 0.1) is 0 Å². The van der Waals surface area contributed by atoms with Crippen LogP contribution in [0.5, 0.6) is 0 Å². The van der Waals surface area contributed by atoms with E-state index in [1.165, 1.54) is 0 Å². The summed E-state index contributed by atoms with van der Waals surface area (Å²) in [5.41, 5.74) is 1.15. The highest BCUT2D eigenvalue weighted by Gasteiger charge is 2.19. The Labute approximate surface area is 183 Å². The van der Waals surface area contributed by atoms with Crippen LogP contribution in [-0.2, 0) is 0 Å². The van der Waals surface area contributed by atoms with Crippen LogP contribution in [0.3, 0.4) is 0 Å². The van der Waals surface area contributed by atoms with Gasteiger partial charge in [-0.1, -0.05) is 61.6 Å². The summed E-state index contributed by atoms with van der Waals surface area (Å²) in [6.07, 6.45) is 9.08. The fourth-order valence-corrected chi connectivity index (χ4v) is 3.64. The number of benzene rings is 1. The van der Waals surface area contributed by atoms with Crippen molar-refractivity contribution in [1.82, 2.24) is 9.88 Å². The lowest BCUT2D eigenvalue weighted by Crippen LogP contribution is -2.39. The molecule has 0 saturated carbocycles. The van der Waals surface area contributed by atoms with Crippen LogP contribution in [0.1, 0.15) is 37.1 Å². The number of anilines is 1. The summed E-state index contributed by atoms with van der Waals surface area (Å²) in [6, 6.07) is 10.2. The molecule has 0 amide bonds. The predicted molar refractivity (Wildman–Crippen MR) is 130 cm³/mol. The SMILES string of the molecule is C=N/C(=C\C(=NC)N1CCC(O)CC1)Nc1ncc(/C=C\c2ccccc2)s1.CC. The van der Waals surface area contributed by atoms with Gasteiger partial charge in [-0.05, 0) is 31.2 Å². The number of amidine groups is 1. The number of aliphatic hydroxyl groups is 1. The summed E-state index contributed by atoms with van der Waals surface area (Å²) in [6.45, 7) is 9.21. The first kappa shape index (κ1) is 23.5. The van der Waals surface area contributed by atoms with E-state index < -0.39 is 0 Å². The highest BCUT2D eigenvalue weighted by molar-refractivity contribution is 7.16. The van der Waals surface area contributed by atoms with Crippen molar-refractivity contribution in [2.24, 2.45) is 9.98 Å². The summed E-state index contributed by atoms with van der Waals surface area (Å²) in [5.74, 6) is 1.42. The van der Waals surface area contributed by atoms with Crippen molar-refractivity contribution in [1.29, 1.82) is 0 Å². The van der Waals surface area contributed by atoms with Gasteiger partial charge in [-0.2, -0.15) is 0 Å². The molecule has 7 heteroatoms. The van der Waals surface area contributed by atoms with Crippen LogP contribution < -0.4 is 5.32 Å². The molecule has 2 aromatic rings. The van der Waals surface area contributed by atoms with Gasteiger partial charge in [0.05, 0.1) is 6.10 Å². The van der Waals surface area contributed by atoms with Gasteiger partial charge in [0.25, 0.3) is 0 Å². The molecule has 6 nitrogen and oxygen atoms in total. The maximum absolute atomic E-state index is 9.69. The highest BCUT2D eigenvalue weighted by atomic mass is 32.1. The summed E-state index contributed by atoms with van der Waals surface area (Å²) >= 11 is 1.54. The number of hydrogen-bond acceptors (Lipinski definition) is 6. The molecule has 1 aromatic heterocycles. The van der Waals surface area contributed by atoms with Crippen LogP contribution in [0.4, 0.5) is 5.13 Å². The van der Waals surface area contributed by atoms with Gasteiger partial charge in [-0.3, -0.25) is 4.99 Å². The minimum Gasteiger partial charge on any atom is -0.393 e. The molecule has 160 valence electrons. The molecular weight excluding hydrogens is 394 g/mol. The number of nitrogens with one attached hydrogen (secondary N) is 1. The van der Waals surface area contributed by atoms with E-state index in [9.17, 15) is 5.11 Å². The van der Waals surface area contributed by atoms with E-state index in [1.807, 2.05) is 50.4 Å². The second kappa shape index (κ2) is 12.7. The number of aromatic nitrogens is 1. The zero-order valence-corrected chi connectivity index (χ0v) is 18.8. The highest BCUT2D eigenvalue weighted by Crippen LogP contribution is 2.22. The lowest BCUT2D eigenvalue weighted by atomic mass is 10.1. The Morgan fingerprint density at radius 1 is 1.23 bits per heavy atom. The van der Waals surface area contributed by atoms with Gasteiger partial charge in [-0.25, -0.2) is 9.98 Å². The summed E-state index contributed by atoms with van der Waals surface area (Å²) in [5, 5.41) is 13.6. The standard InChI is InChI=1S/C21H25N5OS.C2H6/c1-22-19(14-20(23-2)26-12-10-17(27)11-13-26)25-21-24-15-18(28-21)9-8-16-6-4-3-5-7-16;1-2/h3-9,14-15,17,27H,1,10-13H2,2H3,(H,24,25);1-2H3/b9-8-,19-14+,23-20?;. The molecule has 1 saturated heterocycles. The van der Waals surface area contributed by atoms with Crippen molar-refractivity contribution < 1.29 is 5.11 Å². The fraction of sp³-hybridized carbons (Fsp3) is 0.348. The molecule has 0 unspecified atom stereocenters. The summed E-state index contributed by atoms with van der Waals surface area (Å²) in [7, 11) is 1.76. The van der Waals surface area contributed by atoms with Gasteiger partial charge < -0.3 is 15.3 Å². The first-order chi connectivity index (χ1) is 14.7. The molecule has 2 heterocycles. The second-order valence-corrected chi connectivity index (χ2v) is 7.49. The first-order valence-corrected chi connectivity index (χ1v) is 11.0. The molecule has 30 heavy (non-hydrogen) atoms. The van der Waals surface area contributed by atoms with Crippen molar-refractivity contribution in [2.75, 3.05) is 25.5 Å². The van der Waals surface area contributed by atoms with Gasteiger partial charge in [0.1, 0.15) is 11.7 Å². The lowest BCUT2D eigenvalue weighted by Gasteiger charge is -2.31. The average Bonchev–Trinajstić information content (AvgIpc) is 3.25. The Balaban J connectivity index is 0.00000155. The van der Waals surface area contributed by atoms with Crippen LogP contribution in [0.2, 0.25) is 0 Å².